The fourth-order valence-corrected chi connectivity index (χ4v) is 1.94. The van der Waals surface area contributed by atoms with E-state index in [1.165, 1.54) is 0 Å². The van der Waals surface area contributed by atoms with Crippen molar-refractivity contribution in [3.05, 3.63) is 0 Å². The number of oxime groups is 1. The van der Waals surface area contributed by atoms with Gasteiger partial charge >= 0.3 is 0 Å². The molecule has 1 aliphatic rings. The molecule has 5 heteroatoms. The Labute approximate surface area is 90.6 Å². The van der Waals surface area contributed by atoms with Gasteiger partial charge in [0.25, 0.3) is 0 Å². The number of nitrogens with zero attached hydrogens (tertiary/aromatic N) is 2. The summed E-state index contributed by atoms with van der Waals surface area (Å²) in [4.78, 5) is 2.14. The minimum Gasteiger partial charge on any atom is -0.409 e. The van der Waals surface area contributed by atoms with Crippen molar-refractivity contribution in [1.82, 2.24) is 4.90 Å². The third kappa shape index (κ3) is 3.35. The van der Waals surface area contributed by atoms with Gasteiger partial charge in [0.1, 0.15) is 0 Å². The van der Waals surface area contributed by atoms with Crippen LogP contribution in [0.2, 0.25) is 0 Å². The summed E-state index contributed by atoms with van der Waals surface area (Å²) in [7, 11) is 0. The second-order valence-electron chi connectivity index (χ2n) is 4.59. The molecule has 4 N–H and O–H groups in total. The third-order valence-corrected chi connectivity index (χ3v) is 3.19. The van der Waals surface area contributed by atoms with E-state index in [1.54, 1.807) is 0 Å². The maximum atomic E-state index is 9.91. The average Bonchev–Trinajstić information content (AvgIpc) is 2.37. The van der Waals surface area contributed by atoms with E-state index in [1.807, 2.05) is 13.8 Å². The molecule has 5 nitrogen and oxygen atoms in total. The smallest absolute Gasteiger partial charge is 0.156 e. The topological polar surface area (TPSA) is 82.1 Å². The van der Waals surface area contributed by atoms with Crippen LogP contribution < -0.4 is 5.73 Å². The van der Waals surface area contributed by atoms with Crippen molar-refractivity contribution in [2.75, 3.05) is 13.1 Å². The van der Waals surface area contributed by atoms with Crippen LogP contribution in [0.3, 0.4) is 0 Å². The molecule has 2 atom stereocenters. The van der Waals surface area contributed by atoms with Gasteiger partial charge in [-0.25, -0.2) is 0 Å². The third-order valence-electron chi connectivity index (χ3n) is 3.19. The molecule has 88 valence electrons. The van der Waals surface area contributed by atoms with Gasteiger partial charge in [0.05, 0.1) is 11.6 Å². The monoisotopic (exact) mass is 215 g/mol. The molecule has 0 spiro atoms. The fraction of sp³-hybridized carbons (Fsp3) is 0.900. The van der Waals surface area contributed by atoms with Crippen molar-refractivity contribution < 1.29 is 10.3 Å². The summed E-state index contributed by atoms with van der Waals surface area (Å²) in [6.07, 6.45) is 2.48. The molecule has 0 radical (unpaired) electrons. The second kappa shape index (κ2) is 4.81. The molecule has 0 bridgehead atoms. The SMILES string of the molecule is CC(C(N)=NO)N1CCCC(C)(O)CC1. The first-order valence-corrected chi connectivity index (χ1v) is 5.40. The molecule has 0 amide bonds. The lowest BCUT2D eigenvalue weighted by Gasteiger charge is -2.27. The molecular weight excluding hydrogens is 194 g/mol. The molecule has 0 aliphatic carbocycles. The Kier molecular flexibility index (Phi) is 3.93. The van der Waals surface area contributed by atoms with Gasteiger partial charge in [-0.1, -0.05) is 5.16 Å². The summed E-state index contributed by atoms with van der Waals surface area (Å²) in [6, 6.07) is -0.0658. The molecular formula is C10H21N3O2. The van der Waals surface area contributed by atoms with E-state index in [9.17, 15) is 5.11 Å². The van der Waals surface area contributed by atoms with Crippen molar-refractivity contribution in [2.45, 2.75) is 44.8 Å². The molecule has 1 rings (SSSR count). The predicted octanol–water partition coefficient (Wildman–Crippen LogP) is 0.358. The van der Waals surface area contributed by atoms with Gasteiger partial charge in [-0.15, -0.1) is 0 Å². The lowest BCUT2D eigenvalue weighted by molar-refractivity contribution is 0.0442. The Bertz CT molecular complexity index is 241. The zero-order valence-electron chi connectivity index (χ0n) is 9.48. The highest BCUT2D eigenvalue weighted by Crippen LogP contribution is 2.22. The van der Waals surface area contributed by atoms with Crippen LogP contribution >= 0.6 is 0 Å². The zero-order valence-corrected chi connectivity index (χ0v) is 9.48. The van der Waals surface area contributed by atoms with Crippen LogP contribution in [-0.2, 0) is 0 Å². The molecule has 1 heterocycles. The lowest BCUT2D eigenvalue weighted by Crippen LogP contribution is -2.43. The van der Waals surface area contributed by atoms with E-state index < -0.39 is 5.60 Å². The van der Waals surface area contributed by atoms with Crippen LogP contribution in [0.4, 0.5) is 0 Å². The summed E-state index contributed by atoms with van der Waals surface area (Å²) in [5, 5.41) is 21.5. The fourth-order valence-electron chi connectivity index (χ4n) is 1.94. The average molecular weight is 215 g/mol. The van der Waals surface area contributed by atoms with Gasteiger partial charge in [-0.2, -0.15) is 0 Å². The largest absolute Gasteiger partial charge is 0.409 e. The molecule has 15 heavy (non-hydrogen) atoms. The van der Waals surface area contributed by atoms with E-state index >= 15 is 0 Å². The van der Waals surface area contributed by atoms with E-state index in [-0.39, 0.29) is 11.9 Å². The van der Waals surface area contributed by atoms with Crippen molar-refractivity contribution in [3.63, 3.8) is 0 Å². The highest BCUT2D eigenvalue weighted by Gasteiger charge is 2.27. The van der Waals surface area contributed by atoms with E-state index in [4.69, 9.17) is 10.9 Å². The maximum absolute atomic E-state index is 9.91. The summed E-state index contributed by atoms with van der Waals surface area (Å²) in [5.74, 6) is 0.233. The highest BCUT2D eigenvalue weighted by atomic mass is 16.4. The number of likely N-dealkylation sites (tertiary alicyclic amines) is 1. The quantitative estimate of drug-likeness (QED) is 0.269. The van der Waals surface area contributed by atoms with Crippen LogP contribution in [0.15, 0.2) is 5.16 Å². The molecule has 2 unspecified atom stereocenters. The summed E-state index contributed by atoms with van der Waals surface area (Å²) < 4.78 is 0. The Morgan fingerprint density at radius 3 is 2.73 bits per heavy atom. The standard InChI is InChI=1S/C10H21N3O2/c1-8(9(11)12-15)13-6-3-4-10(2,14)5-7-13/h8,14-15H,3-7H2,1-2H3,(H2,11,12). The van der Waals surface area contributed by atoms with Gasteiger partial charge in [0.2, 0.25) is 0 Å². The minimum absolute atomic E-state index is 0.0658. The van der Waals surface area contributed by atoms with E-state index in [2.05, 4.69) is 10.1 Å². The molecule has 0 aromatic carbocycles. The molecule has 1 saturated heterocycles. The maximum Gasteiger partial charge on any atom is 0.156 e. The van der Waals surface area contributed by atoms with Crippen LogP contribution in [0.1, 0.15) is 33.1 Å². The predicted molar refractivity (Wildman–Crippen MR) is 58.9 cm³/mol. The second-order valence-corrected chi connectivity index (χ2v) is 4.59. The summed E-state index contributed by atoms with van der Waals surface area (Å²) in [5.41, 5.74) is 4.99. The molecule has 0 aromatic rings. The van der Waals surface area contributed by atoms with E-state index in [0.29, 0.717) is 0 Å². The van der Waals surface area contributed by atoms with Gasteiger partial charge in [-0.3, -0.25) is 4.90 Å². The first kappa shape index (κ1) is 12.3. The van der Waals surface area contributed by atoms with E-state index in [0.717, 1.165) is 32.4 Å². The van der Waals surface area contributed by atoms with Crippen LogP contribution in [0, 0.1) is 0 Å². The van der Waals surface area contributed by atoms with Crippen LogP contribution in [0.25, 0.3) is 0 Å². The molecule has 0 saturated carbocycles. The lowest BCUT2D eigenvalue weighted by atomic mass is 9.98. The van der Waals surface area contributed by atoms with Gasteiger partial charge in [0, 0.05) is 6.54 Å². The molecule has 0 aromatic heterocycles. The van der Waals surface area contributed by atoms with Crippen molar-refractivity contribution in [1.29, 1.82) is 0 Å². The Hall–Kier alpha value is -0.810. The Morgan fingerprint density at radius 1 is 1.47 bits per heavy atom. The summed E-state index contributed by atoms with van der Waals surface area (Å²) >= 11 is 0. The Morgan fingerprint density at radius 2 is 2.13 bits per heavy atom. The molecule has 1 fully saturated rings. The Balaban J connectivity index is 2.58. The van der Waals surface area contributed by atoms with Crippen LogP contribution in [0.5, 0.6) is 0 Å². The number of aliphatic hydroxyl groups is 1. The number of amidine groups is 1. The normalized spacial score (nSPS) is 32.3. The van der Waals surface area contributed by atoms with Crippen molar-refractivity contribution >= 4 is 5.84 Å². The first-order chi connectivity index (χ1) is 6.96. The van der Waals surface area contributed by atoms with Gasteiger partial charge in [-0.05, 0) is 39.7 Å². The first-order valence-electron chi connectivity index (χ1n) is 5.40. The number of rotatable bonds is 2. The van der Waals surface area contributed by atoms with Crippen molar-refractivity contribution in [2.24, 2.45) is 10.9 Å². The van der Waals surface area contributed by atoms with Crippen molar-refractivity contribution in [3.8, 4) is 0 Å². The molecule has 1 aliphatic heterocycles. The van der Waals surface area contributed by atoms with Gasteiger partial charge in [0.15, 0.2) is 5.84 Å². The minimum atomic E-state index is -0.570. The highest BCUT2D eigenvalue weighted by molar-refractivity contribution is 5.84. The number of hydrogen-bond donors (Lipinski definition) is 3. The number of nitrogens with two attached hydrogens (primary N) is 1. The van der Waals surface area contributed by atoms with Gasteiger partial charge < -0.3 is 16.0 Å². The zero-order chi connectivity index (χ0) is 11.5. The number of hydrogen-bond acceptors (Lipinski definition) is 4. The van der Waals surface area contributed by atoms with Crippen LogP contribution in [-0.4, -0.2) is 45.8 Å². The summed E-state index contributed by atoms with van der Waals surface area (Å²) in [6.45, 7) is 5.44.